The van der Waals surface area contributed by atoms with Gasteiger partial charge in [-0.15, -0.1) is 0 Å². The molecule has 0 fully saturated rings. The van der Waals surface area contributed by atoms with Crippen molar-refractivity contribution in [2.45, 2.75) is 4.90 Å². The van der Waals surface area contributed by atoms with Crippen molar-refractivity contribution >= 4 is 27.1 Å². The molecule has 0 saturated carbocycles. The van der Waals surface area contributed by atoms with Crippen LogP contribution in [-0.4, -0.2) is 26.8 Å². The van der Waals surface area contributed by atoms with Crippen LogP contribution < -0.4 is 4.90 Å². The quantitative estimate of drug-likeness (QED) is 0.474. The minimum absolute atomic E-state index is 0.392. The summed E-state index contributed by atoms with van der Waals surface area (Å²) in [6, 6.07) is 12.3. The molecule has 0 N–H and O–H groups in total. The lowest BCUT2D eigenvalue weighted by Gasteiger charge is -2.11. The zero-order valence-corrected chi connectivity index (χ0v) is 13.3. The molecule has 2 rings (SSSR count). The Morgan fingerprint density at radius 1 is 0.913 bits per heavy atom. The lowest BCUT2D eigenvalue weighted by atomic mass is 10.3. The van der Waals surface area contributed by atoms with Crippen LogP contribution in [0.1, 0.15) is 0 Å². The summed E-state index contributed by atoms with van der Waals surface area (Å²) in [5.74, 6) is 0. The van der Waals surface area contributed by atoms with Crippen molar-refractivity contribution < 1.29 is 12.7 Å². The third kappa shape index (κ3) is 3.89. The predicted octanol–water partition coefficient (Wildman–Crippen LogP) is 3.13. The molecule has 0 radical (unpaired) electrons. The molecule has 0 aliphatic rings. The molecule has 0 amide bonds. The molecule has 0 aromatic heterocycles. The Morgan fingerprint density at radius 2 is 1.35 bits per heavy atom. The average Bonchev–Trinajstić information content (AvgIpc) is 2.53. The van der Waals surface area contributed by atoms with Gasteiger partial charge >= 0.3 is 10.0 Å². The van der Waals surface area contributed by atoms with Crippen LogP contribution in [0.2, 0.25) is 0 Å². The maximum Gasteiger partial charge on any atom is 0.448 e. The van der Waals surface area contributed by atoms with Gasteiger partial charge in [-0.1, -0.05) is 0 Å². The van der Waals surface area contributed by atoms with Crippen molar-refractivity contribution in [3.63, 3.8) is 0 Å². The molecule has 0 saturated heterocycles. The highest BCUT2D eigenvalue weighted by atomic mass is 32.2. The fourth-order valence-electron chi connectivity index (χ4n) is 1.70. The Balaban J connectivity index is 2.16. The molecular formula is C14H14N4O4S. The highest BCUT2D eigenvalue weighted by Gasteiger charge is 2.26. The summed E-state index contributed by atoms with van der Waals surface area (Å²) in [7, 11) is -0.673. The van der Waals surface area contributed by atoms with Gasteiger partial charge in [-0.05, 0) is 48.5 Å². The summed E-state index contributed by atoms with van der Waals surface area (Å²) in [6.45, 7) is 0. The van der Waals surface area contributed by atoms with Crippen LogP contribution >= 0.6 is 0 Å². The molecule has 0 bridgehead atoms. The molecule has 0 heterocycles. The van der Waals surface area contributed by atoms with E-state index in [0.29, 0.717) is 11.4 Å². The van der Waals surface area contributed by atoms with E-state index < -0.39 is 19.2 Å². The van der Waals surface area contributed by atoms with E-state index in [0.717, 1.165) is 17.8 Å². The van der Waals surface area contributed by atoms with Crippen LogP contribution in [0.25, 0.3) is 0 Å². The van der Waals surface area contributed by atoms with Gasteiger partial charge < -0.3 is 4.90 Å². The molecule has 23 heavy (non-hydrogen) atoms. The van der Waals surface area contributed by atoms with E-state index in [4.69, 9.17) is 0 Å². The van der Waals surface area contributed by atoms with Crippen molar-refractivity contribution in [1.29, 1.82) is 0 Å². The Hall–Kier alpha value is -2.81. The number of rotatable bonds is 5. The normalized spacial score (nSPS) is 11.6. The van der Waals surface area contributed by atoms with Gasteiger partial charge in [0.15, 0.2) is 4.33 Å². The molecule has 0 aliphatic heterocycles. The largest absolute Gasteiger partial charge is 0.448 e. The van der Waals surface area contributed by atoms with Gasteiger partial charge in [0.05, 0.1) is 11.4 Å². The third-order valence-electron chi connectivity index (χ3n) is 2.98. The molecule has 2 aromatic carbocycles. The first-order valence-corrected chi connectivity index (χ1v) is 7.93. The molecule has 9 heteroatoms. The van der Waals surface area contributed by atoms with Crippen LogP contribution in [0.15, 0.2) is 63.7 Å². The van der Waals surface area contributed by atoms with Gasteiger partial charge in [-0.25, -0.2) is 10.1 Å². The van der Waals surface area contributed by atoms with Crippen LogP contribution in [0.4, 0.5) is 17.1 Å². The number of nitro groups is 1. The maximum absolute atomic E-state index is 11.4. The minimum atomic E-state index is -4.53. The summed E-state index contributed by atoms with van der Waals surface area (Å²) in [5, 5.41) is 18.5. The first kappa shape index (κ1) is 16.6. The zero-order valence-electron chi connectivity index (χ0n) is 12.4. The molecule has 0 aliphatic carbocycles. The van der Waals surface area contributed by atoms with E-state index in [1.807, 2.05) is 31.1 Å². The highest BCUT2D eigenvalue weighted by molar-refractivity contribution is 7.85. The number of nitrogens with zero attached hydrogens (tertiary/aromatic N) is 4. The first-order valence-electron chi connectivity index (χ1n) is 6.49. The van der Waals surface area contributed by atoms with Crippen LogP contribution in [0.5, 0.6) is 0 Å². The molecule has 0 atom stereocenters. The minimum Gasteiger partial charge on any atom is -0.378 e. The smallest absolute Gasteiger partial charge is 0.378 e. The molecular weight excluding hydrogens is 320 g/mol. The van der Waals surface area contributed by atoms with Gasteiger partial charge in [-0.2, -0.15) is 18.6 Å². The number of hydrogen-bond donors (Lipinski definition) is 0. The van der Waals surface area contributed by atoms with E-state index in [2.05, 4.69) is 10.2 Å². The Bertz CT molecular complexity index is 828. The Morgan fingerprint density at radius 3 is 1.74 bits per heavy atom. The van der Waals surface area contributed by atoms with Crippen molar-refractivity contribution in [1.82, 2.24) is 0 Å². The van der Waals surface area contributed by atoms with Crippen molar-refractivity contribution in [3.05, 3.63) is 58.6 Å². The Labute approximate surface area is 133 Å². The number of azo groups is 1. The first-order chi connectivity index (χ1) is 10.8. The topological polar surface area (TPSA) is 105 Å². The van der Waals surface area contributed by atoms with Gasteiger partial charge in [0, 0.05) is 19.8 Å². The number of sulfonamides is 1. The zero-order chi connectivity index (χ0) is 17.0. The van der Waals surface area contributed by atoms with Gasteiger partial charge in [0.2, 0.25) is 0 Å². The van der Waals surface area contributed by atoms with Gasteiger partial charge in [-0.3, -0.25) is 0 Å². The second-order valence-corrected chi connectivity index (χ2v) is 6.52. The molecule has 2 aromatic rings. The summed E-state index contributed by atoms with van der Waals surface area (Å²) < 4.78 is 21.4. The number of benzene rings is 2. The standard InChI is InChI=1S/C14H14N4O4S/c1-17(2)13-7-3-11(4-8-13)15-16-12-5-9-14(10-6-12)23(21,22)18(19)20/h3-10H,1-2H3/b16-15+. The molecule has 120 valence electrons. The fraction of sp³-hybridized carbons (Fsp3) is 0.143. The average molecular weight is 334 g/mol. The molecule has 0 unspecified atom stereocenters. The molecule has 0 spiro atoms. The highest BCUT2D eigenvalue weighted by Crippen LogP contribution is 2.22. The van der Waals surface area contributed by atoms with E-state index in [9.17, 15) is 18.5 Å². The van der Waals surface area contributed by atoms with Gasteiger partial charge in [0.25, 0.3) is 0 Å². The lowest BCUT2D eigenvalue weighted by molar-refractivity contribution is -0.305. The third-order valence-corrected chi connectivity index (χ3v) is 4.24. The summed E-state index contributed by atoms with van der Waals surface area (Å²) in [6.07, 6.45) is 0. The summed E-state index contributed by atoms with van der Waals surface area (Å²) in [5.41, 5.74) is 2.06. The summed E-state index contributed by atoms with van der Waals surface area (Å²) >= 11 is 0. The molecule has 8 nitrogen and oxygen atoms in total. The maximum atomic E-state index is 11.4. The van der Waals surface area contributed by atoms with Crippen LogP contribution in [0, 0.1) is 10.1 Å². The SMILES string of the molecule is CN(C)c1ccc(/N=N/c2ccc(S(=O)(=O)[N+](=O)[O-])cc2)cc1. The number of anilines is 1. The summed E-state index contributed by atoms with van der Waals surface area (Å²) in [4.78, 5) is 12.0. The van der Waals surface area contributed by atoms with Crippen molar-refractivity contribution in [2.24, 2.45) is 10.2 Å². The van der Waals surface area contributed by atoms with E-state index in [1.165, 1.54) is 12.1 Å². The van der Waals surface area contributed by atoms with Crippen LogP contribution in [-0.2, 0) is 10.0 Å². The van der Waals surface area contributed by atoms with Crippen LogP contribution in [0.3, 0.4) is 0 Å². The lowest BCUT2D eigenvalue weighted by Crippen LogP contribution is -2.12. The van der Waals surface area contributed by atoms with E-state index in [1.54, 1.807) is 12.1 Å². The second-order valence-electron chi connectivity index (χ2n) is 4.80. The predicted molar refractivity (Wildman–Crippen MR) is 85.6 cm³/mol. The monoisotopic (exact) mass is 334 g/mol. The Kier molecular flexibility index (Phi) is 4.70. The van der Waals surface area contributed by atoms with Crippen molar-refractivity contribution in [2.75, 3.05) is 19.0 Å². The van der Waals surface area contributed by atoms with Gasteiger partial charge in [0.1, 0.15) is 4.90 Å². The second kappa shape index (κ2) is 6.53. The number of hydrogen-bond acceptors (Lipinski definition) is 7. The van der Waals surface area contributed by atoms with E-state index in [-0.39, 0.29) is 0 Å². The van der Waals surface area contributed by atoms with E-state index >= 15 is 0 Å². The van der Waals surface area contributed by atoms with Crippen molar-refractivity contribution in [3.8, 4) is 0 Å². The fourth-order valence-corrected chi connectivity index (χ4v) is 2.36.